The number of halogens is 1. The van der Waals surface area contributed by atoms with Crippen LogP contribution >= 0.6 is 11.6 Å². The highest BCUT2D eigenvalue weighted by Gasteiger charge is 2.27. The maximum Gasteiger partial charge on any atom is 0.255 e. The first-order chi connectivity index (χ1) is 17.1. The Morgan fingerprint density at radius 3 is 2.47 bits per heavy atom. The Kier molecular flexibility index (Phi) is 9.29. The van der Waals surface area contributed by atoms with Crippen LogP contribution in [0.15, 0.2) is 65.3 Å². The summed E-state index contributed by atoms with van der Waals surface area (Å²) in [5.41, 5.74) is 9.44. The van der Waals surface area contributed by atoms with Crippen LogP contribution < -0.4 is 26.5 Å². The Bertz CT molecular complexity index is 1220. The summed E-state index contributed by atoms with van der Waals surface area (Å²) in [6, 6.07) is 13.1. The minimum Gasteiger partial charge on any atom is -0.325 e. The Balaban J connectivity index is 1.54. The smallest absolute Gasteiger partial charge is 0.255 e. The summed E-state index contributed by atoms with van der Waals surface area (Å²) in [5.74, 6) is -2.16. The molecule has 0 radical (unpaired) electrons. The number of nitrogens with zero attached hydrogens (tertiary/aromatic N) is 1. The van der Waals surface area contributed by atoms with Crippen molar-refractivity contribution in [1.82, 2.24) is 26.2 Å². The molecule has 0 aliphatic carbocycles. The summed E-state index contributed by atoms with van der Waals surface area (Å²) < 4.78 is 27.4. The van der Waals surface area contributed by atoms with Gasteiger partial charge in [0.05, 0.1) is 23.7 Å². The Morgan fingerprint density at radius 1 is 1.11 bits per heavy atom. The van der Waals surface area contributed by atoms with Crippen molar-refractivity contribution in [2.24, 2.45) is 11.8 Å². The van der Waals surface area contributed by atoms with Crippen LogP contribution in [0.3, 0.4) is 0 Å². The van der Waals surface area contributed by atoms with Crippen LogP contribution in [0, 0.1) is 11.8 Å². The number of carbonyl (C=O) groups is 2. The zero-order chi connectivity index (χ0) is 26.3. The fraction of sp³-hybridized carbons (Fsp3) is 0.304. The molecule has 0 saturated heterocycles. The number of carbonyl (C=O) groups excluding carboxylic acids is 2. The molecule has 0 bridgehead atoms. The van der Waals surface area contributed by atoms with E-state index in [0.29, 0.717) is 29.4 Å². The van der Waals surface area contributed by atoms with Gasteiger partial charge in [0.25, 0.3) is 5.91 Å². The molecular weight excluding hydrogens is 508 g/mol. The van der Waals surface area contributed by atoms with E-state index in [9.17, 15) is 18.0 Å². The van der Waals surface area contributed by atoms with Gasteiger partial charge in [-0.3, -0.25) is 19.8 Å². The largest absolute Gasteiger partial charge is 0.325 e. The Morgan fingerprint density at radius 2 is 1.83 bits per heavy atom. The van der Waals surface area contributed by atoms with Crippen LogP contribution in [0.4, 0.5) is 5.69 Å². The van der Waals surface area contributed by atoms with E-state index < -0.39 is 27.8 Å². The molecule has 2 amide bonds. The maximum absolute atomic E-state index is 12.5. The first kappa shape index (κ1) is 27.4. The Labute approximate surface area is 214 Å². The zero-order valence-electron chi connectivity index (χ0n) is 19.8. The van der Waals surface area contributed by atoms with Crippen LogP contribution in [-0.4, -0.2) is 37.0 Å². The topological polar surface area (TPSA) is 152 Å². The van der Waals surface area contributed by atoms with Gasteiger partial charge in [-0.05, 0) is 48.2 Å². The molecule has 1 heterocycles. The second-order valence-corrected chi connectivity index (χ2v) is 10.8. The lowest BCUT2D eigenvalue weighted by molar-refractivity contribution is -0.139. The molecule has 6 N–H and O–H groups in total. The summed E-state index contributed by atoms with van der Waals surface area (Å²) in [6.45, 7) is 4.27. The van der Waals surface area contributed by atoms with Crippen molar-refractivity contribution in [1.29, 1.82) is 0 Å². The SMILES string of the molecule is CC(C)CC(C(=O)NO)C(=O)Nc1ccc(CN2C=C(CNS(=O)(=O)c3cccc(Cl)c3)NN2)cc1. The number of hydroxylamine groups is 1. The molecule has 0 saturated carbocycles. The van der Waals surface area contributed by atoms with Crippen LogP contribution in [-0.2, 0) is 26.2 Å². The molecule has 11 nitrogen and oxygen atoms in total. The van der Waals surface area contributed by atoms with E-state index in [-0.39, 0.29) is 17.4 Å². The van der Waals surface area contributed by atoms with Crippen molar-refractivity contribution in [2.45, 2.75) is 31.7 Å². The van der Waals surface area contributed by atoms with Crippen molar-refractivity contribution in [3.63, 3.8) is 0 Å². The van der Waals surface area contributed by atoms with Crippen molar-refractivity contribution in [2.75, 3.05) is 11.9 Å². The molecule has 1 unspecified atom stereocenters. The van der Waals surface area contributed by atoms with Gasteiger partial charge in [-0.2, -0.15) is 0 Å². The van der Waals surface area contributed by atoms with E-state index >= 15 is 0 Å². The van der Waals surface area contributed by atoms with Gasteiger partial charge in [0, 0.05) is 16.9 Å². The number of nitrogens with one attached hydrogen (secondary N) is 5. The summed E-state index contributed by atoms with van der Waals surface area (Å²) >= 11 is 5.88. The molecule has 194 valence electrons. The quantitative estimate of drug-likeness (QED) is 0.145. The van der Waals surface area contributed by atoms with Crippen molar-refractivity contribution in [3.05, 3.63) is 71.0 Å². The van der Waals surface area contributed by atoms with Gasteiger partial charge in [-0.15, -0.1) is 5.53 Å². The number of sulfonamides is 1. The molecule has 3 rings (SSSR count). The summed E-state index contributed by atoms with van der Waals surface area (Å²) in [6.07, 6.45) is 2.04. The molecule has 13 heteroatoms. The Hall–Kier alpha value is -3.16. The number of hydrazine groups is 2. The molecule has 0 aromatic heterocycles. The highest BCUT2D eigenvalue weighted by atomic mass is 35.5. The van der Waals surface area contributed by atoms with Crippen LogP contribution in [0.2, 0.25) is 5.02 Å². The first-order valence-electron chi connectivity index (χ1n) is 11.2. The van der Waals surface area contributed by atoms with E-state index in [1.165, 1.54) is 12.1 Å². The standard InChI is InChI=1S/C23H29ClN6O5S/c1-15(2)10-21(23(32)28-33)22(31)26-18-8-6-16(7-9-18)13-30-14-19(27-29-30)12-25-36(34,35)20-5-3-4-17(24)11-20/h3-9,11,14-15,21,25,27,29,33H,10,12-13H2,1-2H3,(H,26,31)(H,28,32). The van der Waals surface area contributed by atoms with E-state index in [0.717, 1.165) is 5.56 Å². The molecule has 0 spiro atoms. The van der Waals surface area contributed by atoms with Gasteiger partial charge in [0.15, 0.2) is 0 Å². The third-order valence-electron chi connectivity index (χ3n) is 5.26. The summed E-state index contributed by atoms with van der Waals surface area (Å²) in [4.78, 5) is 24.4. The monoisotopic (exact) mass is 536 g/mol. The van der Waals surface area contributed by atoms with Gasteiger partial charge in [-0.25, -0.2) is 18.6 Å². The van der Waals surface area contributed by atoms with E-state index in [1.54, 1.807) is 41.0 Å². The third-order valence-corrected chi connectivity index (χ3v) is 6.89. The highest BCUT2D eigenvalue weighted by Crippen LogP contribution is 2.18. The lowest BCUT2D eigenvalue weighted by Gasteiger charge is -2.17. The highest BCUT2D eigenvalue weighted by molar-refractivity contribution is 7.89. The fourth-order valence-corrected chi connectivity index (χ4v) is 4.77. The molecule has 1 aliphatic heterocycles. The number of anilines is 1. The molecule has 1 aliphatic rings. The van der Waals surface area contributed by atoms with E-state index in [1.807, 2.05) is 26.0 Å². The minimum absolute atomic E-state index is 0.0439. The molecule has 2 aromatic rings. The van der Waals surface area contributed by atoms with Gasteiger partial charge < -0.3 is 10.7 Å². The van der Waals surface area contributed by atoms with Crippen molar-refractivity contribution in [3.8, 4) is 0 Å². The summed E-state index contributed by atoms with van der Waals surface area (Å²) in [7, 11) is -3.72. The van der Waals surface area contributed by atoms with Gasteiger partial charge >= 0.3 is 0 Å². The number of rotatable bonds is 11. The molecule has 2 aromatic carbocycles. The second kappa shape index (κ2) is 12.2. The van der Waals surface area contributed by atoms with Crippen LogP contribution in [0.25, 0.3) is 0 Å². The average Bonchev–Trinajstić information content (AvgIpc) is 3.29. The zero-order valence-corrected chi connectivity index (χ0v) is 21.4. The number of hydrogen-bond acceptors (Lipinski definition) is 8. The lowest BCUT2D eigenvalue weighted by Crippen LogP contribution is -2.38. The average molecular weight is 537 g/mol. The van der Waals surface area contributed by atoms with Gasteiger partial charge in [0.2, 0.25) is 15.9 Å². The van der Waals surface area contributed by atoms with Crippen molar-refractivity contribution >= 4 is 39.1 Å². The maximum atomic E-state index is 12.5. The molecular formula is C23H29ClN6O5S. The van der Waals surface area contributed by atoms with Gasteiger partial charge in [-0.1, -0.05) is 43.6 Å². The number of benzene rings is 2. The van der Waals surface area contributed by atoms with Crippen molar-refractivity contribution < 1.29 is 23.2 Å². The van der Waals surface area contributed by atoms with Crippen LogP contribution in [0.1, 0.15) is 25.8 Å². The summed E-state index contributed by atoms with van der Waals surface area (Å²) in [5, 5.41) is 13.7. The predicted molar refractivity (Wildman–Crippen MR) is 134 cm³/mol. The normalized spacial score (nSPS) is 14.2. The van der Waals surface area contributed by atoms with E-state index in [2.05, 4.69) is 21.0 Å². The van der Waals surface area contributed by atoms with Gasteiger partial charge in [0.1, 0.15) is 5.92 Å². The molecule has 1 atom stereocenters. The second-order valence-electron chi connectivity index (χ2n) is 8.65. The predicted octanol–water partition coefficient (Wildman–Crippen LogP) is 2.09. The first-order valence-corrected chi connectivity index (χ1v) is 13.0. The van der Waals surface area contributed by atoms with E-state index in [4.69, 9.17) is 16.8 Å². The van der Waals surface area contributed by atoms with Crippen LogP contribution in [0.5, 0.6) is 0 Å². The minimum atomic E-state index is -3.72. The number of hydrogen-bond donors (Lipinski definition) is 6. The number of amides is 2. The fourth-order valence-electron chi connectivity index (χ4n) is 3.46. The third kappa shape index (κ3) is 7.67. The lowest BCUT2D eigenvalue weighted by atomic mass is 9.95. The molecule has 0 fully saturated rings. The molecule has 36 heavy (non-hydrogen) atoms.